The molecule has 1 amide bonds. The summed E-state index contributed by atoms with van der Waals surface area (Å²) in [6.45, 7) is 12.7. The van der Waals surface area contributed by atoms with Crippen LogP contribution in [-0.2, 0) is 11.8 Å². The SMILES string of the molecule is Cc1nn(C)c2ncc(C(=O)NCC(C)(C)N3C[C@H](C)O[C@@H](C)C3)cc12. The second-order valence-corrected chi connectivity index (χ2v) is 7.96. The van der Waals surface area contributed by atoms with Gasteiger partial charge in [0.25, 0.3) is 5.91 Å². The van der Waals surface area contributed by atoms with Crippen molar-refractivity contribution < 1.29 is 9.53 Å². The molecule has 0 bridgehead atoms. The quantitative estimate of drug-likeness (QED) is 0.903. The zero-order valence-electron chi connectivity index (χ0n) is 16.5. The fourth-order valence-electron chi connectivity index (χ4n) is 3.61. The maximum Gasteiger partial charge on any atom is 0.252 e. The molecule has 2 aromatic heterocycles. The molecule has 2 aromatic rings. The first-order valence-electron chi connectivity index (χ1n) is 9.15. The zero-order valence-corrected chi connectivity index (χ0v) is 16.5. The predicted molar refractivity (Wildman–Crippen MR) is 101 cm³/mol. The Morgan fingerprint density at radius 2 is 2.00 bits per heavy atom. The van der Waals surface area contributed by atoms with Crippen LogP contribution in [0.1, 0.15) is 43.7 Å². The summed E-state index contributed by atoms with van der Waals surface area (Å²) in [7, 11) is 1.86. The number of rotatable bonds is 4. The molecular formula is C19H29N5O2. The summed E-state index contributed by atoms with van der Waals surface area (Å²) in [4.78, 5) is 19.4. The van der Waals surface area contributed by atoms with Crippen molar-refractivity contribution in [3.8, 4) is 0 Å². The summed E-state index contributed by atoms with van der Waals surface area (Å²) >= 11 is 0. The van der Waals surface area contributed by atoms with E-state index in [9.17, 15) is 4.79 Å². The van der Waals surface area contributed by atoms with Gasteiger partial charge in [0.15, 0.2) is 5.65 Å². The summed E-state index contributed by atoms with van der Waals surface area (Å²) in [5, 5.41) is 8.34. The van der Waals surface area contributed by atoms with Crippen LogP contribution in [0.25, 0.3) is 11.0 Å². The van der Waals surface area contributed by atoms with Gasteiger partial charge in [-0.3, -0.25) is 14.4 Å². The number of fused-ring (bicyclic) bond motifs is 1. The van der Waals surface area contributed by atoms with E-state index < -0.39 is 0 Å². The lowest BCUT2D eigenvalue weighted by molar-refractivity contribution is -0.0948. The van der Waals surface area contributed by atoms with Crippen LogP contribution in [-0.4, -0.2) is 63.0 Å². The molecular weight excluding hydrogens is 330 g/mol. The molecule has 0 radical (unpaired) electrons. The van der Waals surface area contributed by atoms with Crippen molar-refractivity contribution >= 4 is 16.9 Å². The van der Waals surface area contributed by atoms with Crippen LogP contribution in [0.2, 0.25) is 0 Å². The molecule has 1 N–H and O–H groups in total. The molecule has 1 aliphatic heterocycles. The van der Waals surface area contributed by atoms with Gasteiger partial charge in [0, 0.05) is 43.8 Å². The molecule has 3 rings (SSSR count). The fraction of sp³-hybridized carbons (Fsp3) is 0.632. The highest BCUT2D eigenvalue weighted by atomic mass is 16.5. The second-order valence-electron chi connectivity index (χ2n) is 7.96. The number of aromatic nitrogens is 3. The average Bonchev–Trinajstić information content (AvgIpc) is 2.86. The van der Waals surface area contributed by atoms with Gasteiger partial charge in [-0.05, 0) is 40.7 Å². The van der Waals surface area contributed by atoms with E-state index >= 15 is 0 Å². The van der Waals surface area contributed by atoms with E-state index in [1.807, 2.05) is 20.0 Å². The van der Waals surface area contributed by atoms with Crippen LogP contribution in [0.5, 0.6) is 0 Å². The van der Waals surface area contributed by atoms with Gasteiger partial charge < -0.3 is 10.1 Å². The molecule has 0 saturated carbocycles. The lowest BCUT2D eigenvalue weighted by Gasteiger charge is -2.45. The Morgan fingerprint density at radius 3 is 2.65 bits per heavy atom. The lowest BCUT2D eigenvalue weighted by Crippen LogP contribution is -2.58. The van der Waals surface area contributed by atoms with Crippen LogP contribution in [0.15, 0.2) is 12.3 Å². The summed E-state index contributed by atoms with van der Waals surface area (Å²) in [6.07, 6.45) is 2.02. The smallest absolute Gasteiger partial charge is 0.252 e. The zero-order chi connectivity index (χ0) is 19.1. The molecule has 0 spiro atoms. The van der Waals surface area contributed by atoms with Gasteiger partial charge in [0.1, 0.15) is 0 Å². The Kier molecular flexibility index (Phi) is 5.03. The minimum Gasteiger partial charge on any atom is -0.373 e. The topological polar surface area (TPSA) is 72.3 Å². The lowest BCUT2D eigenvalue weighted by atomic mass is 10.00. The normalized spacial score (nSPS) is 21.9. The first-order valence-corrected chi connectivity index (χ1v) is 9.15. The Labute approximate surface area is 154 Å². The van der Waals surface area contributed by atoms with Gasteiger partial charge in [0.2, 0.25) is 0 Å². The van der Waals surface area contributed by atoms with Crippen molar-refractivity contribution in [1.82, 2.24) is 25.0 Å². The van der Waals surface area contributed by atoms with E-state index in [0.29, 0.717) is 12.1 Å². The van der Waals surface area contributed by atoms with E-state index in [4.69, 9.17) is 4.74 Å². The Morgan fingerprint density at radius 1 is 1.35 bits per heavy atom. The van der Waals surface area contributed by atoms with Gasteiger partial charge in [-0.25, -0.2) is 4.98 Å². The highest BCUT2D eigenvalue weighted by molar-refractivity contribution is 5.97. The minimum absolute atomic E-state index is 0.106. The summed E-state index contributed by atoms with van der Waals surface area (Å²) in [5.41, 5.74) is 2.08. The molecule has 0 unspecified atom stereocenters. The van der Waals surface area contributed by atoms with Gasteiger partial charge in [0.05, 0.1) is 23.5 Å². The number of hydrogen-bond donors (Lipinski definition) is 1. The van der Waals surface area contributed by atoms with Gasteiger partial charge in [-0.15, -0.1) is 0 Å². The van der Waals surface area contributed by atoms with Crippen LogP contribution in [0, 0.1) is 6.92 Å². The van der Waals surface area contributed by atoms with Gasteiger partial charge >= 0.3 is 0 Å². The molecule has 7 nitrogen and oxygen atoms in total. The third kappa shape index (κ3) is 3.73. The average molecular weight is 359 g/mol. The largest absolute Gasteiger partial charge is 0.373 e. The second kappa shape index (κ2) is 6.96. The number of nitrogens with one attached hydrogen (secondary N) is 1. The molecule has 142 valence electrons. The highest BCUT2D eigenvalue weighted by Crippen LogP contribution is 2.21. The monoisotopic (exact) mass is 359 g/mol. The van der Waals surface area contributed by atoms with Crippen molar-refractivity contribution in [1.29, 1.82) is 0 Å². The molecule has 0 aliphatic carbocycles. The third-order valence-corrected chi connectivity index (χ3v) is 5.08. The van der Waals surface area contributed by atoms with Crippen molar-refractivity contribution in [2.75, 3.05) is 19.6 Å². The first-order chi connectivity index (χ1) is 12.2. The molecule has 26 heavy (non-hydrogen) atoms. The van der Waals surface area contributed by atoms with E-state index in [2.05, 4.69) is 48.0 Å². The van der Waals surface area contributed by atoms with Gasteiger partial charge in [-0.1, -0.05) is 0 Å². The van der Waals surface area contributed by atoms with Crippen molar-refractivity contribution in [2.24, 2.45) is 7.05 Å². The molecule has 2 atom stereocenters. The first kappa shape index (κ1) is 18.8. The van der Waals surface area contributed by atoms with E-state index in [1.165, 1.54) is 0 Å². The number of amides is 1. The highest BCUT2D eigenvalue weighted by Gasteiger charge is 2.33. The Balaban J connectivity index is 1.69. The summed E-state index contributed by atoms with van der Waals surface area (Å²) in [5.74, 6) is -0.106. The number of ether oxygens (including phenoxy) is 1. The maximum absolute atomic E-state index is 12.6. The van der Waals surface area contributed by atoms with Crippen LogP contribution >= 0.6 is 0 Å². The summed E-state index contributed by atoms with van der Waals surface area (Å²) in [6, 6.07) is 1.87. The Bertz CT molecular complexity index is 804. The van der Waals surface area contributed by atoms with Crippen LogP contribution in [0.3, 0.4) is 0 Å². The number of nitrogens with zero attached hydrogens (tertiary/aromatic N) is 4. The number of pyridine rings is 1. The third-order valence-electron chi connectivity index (χ3n) is 5.08. The van der Waals surface area contributed by atoms with E-state index in [-0.39, 0.29) is 23.7 Å². The Hall–Kier alpha value is -1.99. The van der Waals surface area contributed by atoms with Crippen LogP contribution in [0.4, 0.5) is 0 Å². The minimum atomic E-state index is -0.149. The summed E-state index contributed by atoms with van der Waals surface area (Å²) < 4.78 is 7.55. The maximum atomic E-state index is 12.6. The number of morpholine rings is 1. The number of aryl methyl sites for hydroxylation is 2. The molecule has 1 aliphatic rings. The molecule has 1 saturated heterocycles. The predicted octanol–water partition coefficient (Wildman–Crippen LogP) is 1.89. The molecule has 0 aromatic carbocycles. The van der Waals surface area contributed by atoms with Crippen molar-refractivity contribution in [3.63, 3.8) is 0 Å². The standard InChI is InChI=1S/C19H29N5O2/c1-12-9-24(10-13(2)26-12)19(4,5)11-21-18(25)15-7-16-14(3)22-23(6)17(16)20-8-15/h7-8,12-13H,9-11H2,1-6H3,(H,21,25)/t12-,13-/m0/s1. The van der Waals surface area contributed by atoms with Crippen molar-refractivity contribution in [3.05, 3.63) is 23.5 Å². The van der Waals surface area contributed by atoms with Crippen LogP contribution < -0.4 is 5.32 Å². The van der Waals surface area contributed by atoms with Gasteiger partial charge in [-0.2, -0.15) is 5.10 Å². The number of hydrogen-bond acceptors (Lipinski definition) is 5. The van der Waals surface area contributed by atoms with Crippen molar-refractivity contribution in [2.45, 2.75) is 52.4 Å². The molecule has 7 heteroatoms. The fourth-order valence-corrected chi connectivity index (χ4v) is 3.61. The molecule has 3 heterocycles. The molecule has 1 fully saturated rings. The van der Waals surface area contributed by atoms with E-state index in [1.54, 1.807) is 10.9 Å². The number of carbonyl (C=O) groups excluding carboxylic acids is 1. The van der Waals surface area contributed by atoms with E-state index in [0.717, 1.165) is 29.8 Å². The number of carbonyl (C=O) groups is 1.